The molecule has 2 unspecified atom stereocenters. The van der Waals surface area contributed by atoms with E-state index in [0.29, 0.717) is 35.5 Å². The highest BCUT2D eigenvalue weighted by Crippen LogP contribution is 2.43. The van der Waals surface area contributed by atoms with Gasteiger partial charge >= 0.3 is 0 Å². The normalized spacial score (nSPS) is 32.0. The van der Waals surface area contributed by atoms with Gasteiger partial charge in [0.05, 0.1) is 16.7 Å². The van der Waals surface area contributed by atoms with Gasteiger partial charge in [0.15, 0.2) is 5.58 Å². The molecule has 0 aromatic carbocycles. The van der Waals surface area contributed by atoms with E-state index < -0.39 is 0 Å². The van der Waals surface area contributed by atoms with Gasteiger partial charge in [0, 0.05) is 41.5 Å². The standard InChI is InChI=1S/C22H24BrN5O/c23-21-19-9-18(11-25)29-20(19)12-26-22(21)27-14-1-3-15(4-2-14)28-16-5-6-17(28)8-13(7-16)10-24/h9,12-17H,1-8H2,(H,26,27). The van der Waals surface area contributed by atoms with Crippen LogP contribution in [0.3, 0.4) is 0 Å². The molecule has 1 saturated carbocycles. The Kier molecular flexibility index (Phi) is 4.97. The van der Waals surface area contributed by atoms with E-state index in [1.54, 1.807) is 12.3 Å². The first-order valence-corrected chi connectivity index (χ1v) is 11.4. The minimum absolute atomic E-state index is 0.268. The number of aromatic nitrogens is 1. The molecular weight excluding hydrogens is 430 g/mol. The fraction of sp³-hybridized carbons (Fsp3) is 0.591. The molecule has 0 spiro atoms. The van der Waals surface area contributed by atoms with Crippen LogP contribution in [0.15, 0.2) is 21.2 Å². The number of piperidine rings is 1. The fourth-order valence-electron chi connectivity index (χ4n) is 5.76. The van der Waals surface area contributed by atoms with Gasteiger partial charge in [-0.25, -0.2) is 4.98 Å². The maximum absolute atomic E-state index is 9.32. The molecule has 3 fully saturated rings. The Balaban J connectivity index is 1.23. The smallest absolute Gasteiger partial charge is 0.204 e. The number of nitriles is 2. The van der Waals surface area contributed by atoms with Gasteiger partial charge in [-0.3, -0.25) is 4.90 Å². The van der Waals surface area contributed by atoms with E-state index in [2.05, 4.69) is 37.2 Å². The number of fused-ring (bicyclic) bond motifs is 3. The average molecular weight is 454 g/mol. The molecule has 2 aliphatic heterocycles. The lowest BCUT2D eigenvalue weighted by Crippen LogP contribution is -2.50. The summed E-state index contributed by atoms with van der Waals surface area (Å²) in [7, 11) is 0. The Bertz CT molecular complexity index is 983. The molecule has 5 rings (SSSR count). The first kappa shape index (κ1) is 18.9. The zero-order valence-corrected chi connectivity index (χ0v) is 17.9. The summed E-state index contributed by atoms with van der Waals surface area (Å²) in [6.45, 7) is 0. The quantitative estimate of drug-likeness (QED) is 0.706. The van der Waals surface area contributed by atoms with Crippen molar-refractivity contribution in [3.05, 3.63) is 22.5 Å². The van der Waals surface area contributed by atoms with Gasteiger partial charge in [-0.2, -0.15) is 10.5 Å². The first-order chi connectivity index (χ1) is 14.2. The van der Waals surface area contributed by atoms with Crippen LogP contribution >= 0.6 is 15.9 Å². The summed E-state index contributed by atoms with van der Waals surface area (Å²) < 4.78 is 6.32. The Hall–Kier alpha value is -2.09. The second kappa shape index (κ2) is 7.63. The van der Waals surface area contributed by atoms with Crippen molar-refractivity contribution in [2.24, 2.45) is 5.92 Å². The first-order valence-electron chi connectivity index (χ1n) is 10.6. The largest absolute Gasteiger partial charge is 0.444 e. The number of hydrogen-bond donors (Lipinski definition) is 1. The molecule has 0 amide bonds. The lowest BCUT2D eigenvalue weighted by atomic mass is 9.85. The molecule has 6 nitrogen and oxygen atoms in total. The summed E-state index contributed by atoms with van der Waals surface area (Å²) in [6, 6.07) is 8.63. The van der Waals surface area contributed by atoms with Crippen molar-refractivity contribution in [2.45, 2.75) is 75.5 Å². The zero-order valence-electron chi connectivity index (χ0n) is 16.3. The molecule has 2 aromatic heterocycles. The van der Waals surface area contributed by atoms with E-state index in [1.807, 2.05) is 6.07 Å². The molecule has 29 heavy (non-hydrogen) atoms. The van der Waals surface area contributed by atoms with Gasteiger partial charge in [0.25, 0.3) is 0 Å². The molecule has 2 bridgehead atoms. The molecular formula is C22H24BrN5O. The SMILES string of the molecule is N#Cc1cc2c(Br)c(NC3CCC(N4C5CCC4CC(C#N)C5)CC3)ncc2o1. The lowest BCUT2D eigenvalue weighted by molar-refractivity contribution is 0.0511. The molecule has 4 heterocycles. The molecule has 150 valence electrons. The molecule has 2 saturated heterocycles. The molecule has 2 atom stereocenters. The van der Waals surface area contributed by atoms with Crippen molar-refractivity contribution in [2.75, 3.05) is 5.32 Å². The maximum Gasteiger partial charge on any atom is 0.204 e. The second-order valence-electron chi connectivity index (χ2n) is 8.70. The summed E-state index contributed by atoms with van der Waals surface area (Å²) in [4.78, 5) is 7.28. The van der Waals surface area contributed by atoms with Gasteiger partial charge in [-0.05, 0) is 67.3 Å². The average Bonchev–Trinajstić information content (AvgIpc) is 3.29. The third kappa shape index (κ3) is 3.41. The minimum atomic E-state index is 0.268. The summed E-state index contributed by atoms with van der Waals surface area (Å²) >= 11 is 3.63. The molecule has 3 aliphatic rings. The Morgan fingerprint density at radius 3 is 2.41 bits per heavy atom. The van der Waals surface area contributed by atoms with Crippen molar-refractivity contribution in [1.29, 1.82) is 10.5 Å². The summed E-state index contributed by atoms with van der Waals surface area (Å²) in [5.41, 5.74) is 0.624. The fourth-order valence-corrected chi connectivity index (χ4v) is 6.29. The zero-order chi connectivity index (χ0) is 20.0. The number of anilines is 1. The monoisotopic (exact) mass is 453 g/mol. The van der Waals surface area contributed by atoms with Crippen molar-refractivity contribution in [1.82, 2.24) is 9.88 Å². The molecule has 1 aliphatic carbocycles. The number of pyridine rings is 1. The highest BCUT2D eigenvalue weighted by molar-refractivity contribution is 9.10. The van der Waals surface area contributed by atoms with Gasteiger partial charge in [0.1, 0.15) is 11.9 Å². The maximum atomic E-state index is 9.32. The minimum Gasteiger partial charge on any atom is -0.444 e. The number of rotatable bonds is 3. The van der Waals surface area contributed by atoms with Crippen LogP contribution in [0.25, 0.3) is 11.0 Å². The number of nitrogens with one attached hydrogen (secondary N) is 1. The second-order valence-corrected chi connectivity index (χ2v) is 9.49. The van der Waals surface area contributed by atoms with Crippen molar-refractivity contribution in [3.8, 4) is 12.1 Å². The van der Waals surface area contributed by atoms with Crippen LogP contribution in [-0.2, 0) is 0 Å². The van der Waals surface area contributed by atoms with Crippen molar-refractivity contribution >= 4 is 32.7 Å². The topological polar surface area (TPSA) is 88.9 Å². The van der Waals surface area contributed by atoms with E-state index >= 15 is 0 Å². The Morgan fingerprint density at radius 2 is 1.76 bits per heavy atom. The predicted molar refractivity (Wildman–Crippen MR) is 113 cm³/mol. The molecule has 0 radical (unpaired) electrons. The van der Waals surface area contributed by atoms with Crippen molar-refractivity contribution < 1.29 is 4.42 Å². The molecule has 1 N–H and O–H groups in total. The number of hydrogen-bond acceptors (Lipinski definition) is 6. The third-order valence-corrected chi connectivity index (χ3v) is 7.86. The highest BCUT2D eigenvalue weighted by atomic mass is 79.9. The van der Waals surface area contributed by atoms with E-state index in [-0.39, 0.29) is 5.92 Å². The van der Waals surface area contributed by atoms with Crippen LogP contribution in [0.2, 0.25) is 0 Å². The van der Waals surface area contributed by atoms with Gasteiger partial charge in [-0.15, -0.1) is 0 Å². The van der Waals surface area contributed by atoms with Gasteiger partial charge < -0.3 is 9.73 Å². The van der Waals surface area contributed by atoms with E-state index in [9.17, 15) is 5.26 Å². The Labute approximate surface area is 179 Å². The van der Waals surface area contributed by atoms with Gasteiger partial charge in [0.2, 0.25) is 5.76 Å². The lowest BCUT2D eigenvalue weighted by Gasteiger charge is -2.45. The molecule has 7 heteroatoms. The number of nitrogens with zero attached hydrogens (tertiary/aromatic N) is 4. The van der Waals surface area contributed by atoms with E-state index in [1.165, 1.54) is 25.7 Å². The van der Waals surface area contributed by atoms with Crippen molar-refractivity contribution in [3.63, 3.8) is 0 Å². The van der Waals surface area contributed by atoms with Crippen LogP contribution in [0.5, 0.6) is 0 Å². The van der Waals surface area contributed by atoms with Gasteiger partial charge in [-0.1, -0.05) is 0 Å². The third-order valence-electron chi connectivity index (χ3n) is 7.06. The van der Waals surface area contributed by atoms with Crippen LogP contribution in [0.1, 0.15) is 57.1 Å². The Morgan fingerprint density at radius 1 is 1.07 bits per heavy atom. The highest BCUT2D eigenvalue weighted by Gasteiger charge is 2.44. The summed E-state index contributed by atoms with van der Waals surface area (Å²) in [6.07, 6.45) is 11.0. The summed E-state index contributed by atoms with van der Waals surface area (Å²) in [5, 5.41) is 22.9. The predicted octanol–water partition coefficient (Wildman–Crippen LogP) is 4.95. The van der Waals surface area contributed by atoms with Crippen LogP contribution in [0, 0.1) is 28.6 Å². The van der Waals surface area contributed by atoms with E-state index in [4.69, 9.17) is 9.68 Å². The number of halogens is 1. The molecule has 2 aromatic rings. The van der Waals surface area contributed by atoms with Crippen LogP contribution in [-0.4, -0.2) is 34.1 Å². The van der Waals surface area contributed by atoms with Crippen LogP contribution < -0.4 is 5.32 Å². The number of furan rings is 1. The summed E-state index contributed by atoms with van der Waals surface area (Å²) in [5.74, 6) is 1.39. The van der Waals surface area contributed by atoms with Crippen LogP contribution in [0.4, 0.5) is 5.82 Å². The van der Waals surface area contributed by atoms with E-state index in [0.717, 1.165) is 41.4 Å².